The molecule has 0 aliphatic carbocycles. The molecule has 2 aromatic heterocycles. The van der Waals surface area contributed by atoms with Crippen molar-refractivity contribution in [3.05, 3.63) is 52.0 Å². The summed E-state index contributed by atoms with van der Waals surface area (Å²) in [6.45, 7) is 5.16. The number of likely N-dealkylation sites (tertiary alicyclic amines) is 1. The number of anilines is 1. The average molecular weight is 444 g/mol. The van der Waals surface area contributed by atoms with E-state index >= 15 is 0 Å². The predicted octanol–water partition coefficient (Wildman–Crippen LogP) is 3.20. The van der Waals surface area contributed by atoms with Crippen LogP contribution in [-0.4, -0.2) is 71.7 Å². The van der Waals surface area contributed by atoms with Crippen molar-refractivity contribution < 1.29 is 9.32 Å². The molecule has 7 nitrogen and oxygen atoms in total. The van der Waals surface area contributed by atoms with E-state index in [2.05, 4.69) is 19.9 Å². The Kier molecular flexibility index (Phi) is 5.45. The standard InChI is InChI=1S/C21H22ClN5O2S/c22-17-1-3-18(4-2-17)26-6-8-27(9-7-26)19(28)13-25-11-16(12-25)21-23-20(24-29-21)15-5-10-30-14-15/h1-5,10,14,16H,6-9,11-13H2. The fourth-order valence-corrected chi connectivity index (χ4v) is 4.68. The highest BCUT2D eigenvalue weighted by Crippen LogP contribution is 2.28. The van der Waals surface area contributed by atoms with Crippen LogP contribution in [0.4, 0.5) is 5.69 Å². The molecule has 2 saturated heterocycles. The summed E-state index contributed by atoms with van der Waals surface area (Å²) in [7, 11) is 0. The van der Waals surface area contributed by atoms with Crippen molar-refractivity contribution in [3.63, 3.8) is 0 Å². The molecular formula is C21H22ClN5O2S. The molecule has 1 amide bonds. The van der Waals surface area contributed by atoms with Crippen LogP contribution in [0.2, 0.25) is 5.02 Å². The summed E-state index contributed by atoms with van der Waals surface area (Å²) in [6, 6.07) is 9.85. The second kappa shape index (κ2) is 8.37. The minimum Gasteiger partial charge on any atom is -0.368 e. The number of halogens is 1. The monoisotopic (exact) mass is 443 g/mol. The minimum atomic E-state index is 0.189. The Morgan fingerprint density at radius 3 is 2.60 bits per heavy atom. The first-order valence-corrected chi connectivity index (χ1v) is 11.3. The lowest BCUT2D eigenvalue weighted by molar-refractivity contribution is -0.134. The van der Waals surface area contributed by atoms with Gasteiger partial charge in [-0.05, 0) is 35.7 Å². The van der Waals surface area contributed by atoms with Gasteiger partial charge in [0.2, 0.25) is 17.6 Å². The van der Waals surface area contributed by atoms with E-state index in [1.165, 1.54) is 0 Å². The SMILES string of the molecule is O=C(CN1CC(c2nc(-c3ccsc3)no2)C1)N1CCN(c2ccc(Cl)cc2)CC1. The van der Waals surface area contributed by atoms with Gasteiger partial charge in [0, 0.05) is 60.9 Å². The van der Waals surface area contributed by atoms with Gasteiger partial charge >= 0.3 is 0 Å². The maximum absolute atomic E-state index is 12.7. The summed E-state index contributed by atoms with van der Waals surface area (Å²) in [4.78, 5) is 23.6. The lowest BCUT2D eigenvalue weighted by Gasteiger charge is -2.40. The number of amides is 1. The highest BCUT2D eigenvalue weighted by Gasteiger charge is 2.35. The first kappa shape index (κ1) is 19.5. The predicted molar refractivity (Wildman–Crippen MR) is 117 cm³/mol. The quantitative estimate of drug-likeness (QED) is 0.603. The van der Waals surface area contributed by atoms with Crippen molar-refractivity contribution in [1.82, 2.24) is 19.9 Å². The van der Waals surface area contributed by atoms with Crippen molar-refractivity contribution >= 4 is 34.5 Å². The summed E-state index contributed by atoms with van der Waals surface area (Å²) in [5.41, 5.74) is 2.14. The van der Waals surface area contributed by atoms with Gasteiger partial charge in [0.15, 0.2) is 0 Å². The summed E-state index contributed by atoms with van der Waals surface area (Å²) in [5, 5.41) is 8.82. The zero-order chi connectivity index (χ0) is 20.5. The van der Waals surface area contributed by atoms with E-state index in [0.717, 1.165) is 55.5 Å². The summed E-state index contributed by atoms with van der Waals surface area (Å²) in [5.74, 6) is 1.70. The Bertz CT molecular complexity index is 993. The fourth-order valence-electron chi connectivity index (χ4n) is 3.92. The van der Waals surface area contributed by atoms with Gasteiger partial charge in [0.25, 0.3) is 0 Å². The number of carbonyl (C=O) groups excluding carboxylic acids is 1. The first-order valence-electron chi connectivity index (χ1n) is 10.0. The molecule has 0 radical (unpaired) electrons. The molecule has 5 rings (SSSR count). The van der Waals surface area contributed by atoms with E-state index in [-0.39, 0.29) is 11.8 Å². The number of thiophene rings is 1. The number of rotatable bonds is 5. The molecule has 2 fully saturated rings. The van der Waals surface area contributed by atoms with Crippen LogP contribution >= 0.6 is 22.9 Å². The van der Waals surface area contributed by atoms with Gasteiger partial charge in [-0.1, -0.05) is 16.8 Å². The van der Waals surface area contributed by atoms with Gasteiger partial charge < -0.3 is 14.3 Å². The Hall–Kier alpha value is -2.42. The Morgan fingerprint density at radius 2 is 1.90 bits per heavy atom. The van der Waals surface area contributed by atoms with Gasteiger partial charge in [0.05, 0.1) is 12.5 Å². The summed E-state index contributed by atoms with van der Waals surface area (Å²) < 4.78 is 5.43. The number of piperazine rings is 1. The molecule has 0 bridgehead atoms. The van der Waals surface area contributed by atoms with E-state index in [1.54, 1.807) is 11.3 Å². The van der Waals surface area contributed by atoms with E-state index in [1.807, 2.05) is 46.0 Å². The average Bonchev–Trinajstić information content (AvgIpc) is 3.43. The number of hydrogen-bond donors (Lipinski definition) is 0. The fraction of sp³-hybridized carbons (Fsp3) is 0.381. The second-order valence-corrected chi connectivity index (χ2v) is 8.92. The number of nitrogens with zero attached hydrogens (tertiary/aromatic N) is 5. The normalized spacial score (nSPS) is 17.9. The molecule has 0 spiro atoms. The zero-order valence-electron chi connectivity index (χ0n) is 16.4. The number of carbonyl (C=O) groups is 1. The lowest BCUT2D eigenvalue weighted by atomic mass is 10.00. The van der Waals surface area contributed by atoms with Crippen LogP contribution in [0.5, 0.6) is 0 Å². The molecule has 4 heterocycles. The smallest absolute Gasteiger partial charge is 0.236 e. The highest BCUT2D eigenvalue weighted by atomic mass is 35.5. The van der Waals surface area contributed by atoms with Gasteiger partial charge in [-0.15, -0.1) is 0 Å². The largest absolute Gasteiger partial charge is 0.368 e. The molecule has 0 unspecified atom stereocenters. The molecule has 0 atom stereocenters. The number of benzene rings is 1. The van der Waals surface area contributed by atoms with Crippen LogP contribution < -0.4 is 4.90 Å². The third-order valence-electron chi connectivity index (χ3n) is 5.71. The molecule has 3 aromatic rings. The van der Waals surface area contributed by atoms with E-state index in [9.17, 15) is 4.79 Å². The second-order valence-electron chi connectivity index (χ2n) is 7.70. The van der Waals surface area contributed by atoms with Crippen molar-refractivity contribution in [2.45, 2.75) is 5.92 Å². The molecule has 9 heteroatoms. The van der Waals surface area contributed by atoms with Crippen LogP contribution in [0.15, 0.2) is 45.6 Å². The molecule has 0 N–H and O–H groups in total. The summed E-state index contributed by atoms with van der Waals surface area (Å²) in [6.07, 6.45) is 0. The van der Waals surface area contributed by atoms with Crippen LogP contribution in [0, 0.1) is 0 Å². The topological polar surface area (TPSA) is 65.7 Å². The molecule has 2 aliphatic heterocycles. The number of aromatic nitrogens is 2. The molecule has 0 saturated carbocycles. The van der Waals surface area contributed by atoms with Crippen molar-refractivity contribution in [1.29, 1.82) is 0 Å². The summed E-state index contributed by atoms with van der Waals surface area (Å²) >= 11 is 7.58. The van der Waals surface area contributed by atoms with E-state index < -0.39 is 0 Å². The minimum absolute atomic E-state index is 0.189. The van der Waals surface area contributed by atoms with Gasteiger partial charge in [-0.3, -0.25) is 9.69 Å². The Morgan fingerprint density at radius 1 is 1.13 bits per heavy atom. The van der Waals surface area contributed by atoms with Crippen LogP contribution in [0.3, 0.4) is 0 Å². The molecule has 156 valence electrons. The van der Waals surface area contributed by atoms with Crippen molar-refractivity contribution in [3.8, 4) is 11.4 Å². The van der Waals surface area contributed by atoms with Crippen LogP contribution in [0.1, 0.15) is 11.8 Å². The lowest BCUT2D eigenvalue weighted by Crippen LogP contribution is -2.54. The number of hydrogen-bond acceptors (Lipinski definition) is 7. The maximum Gasteiger partial charge on any atom is 0.236 e. The molecule has 1 aromatic carbocycles. The van der Waals surface area contributed by atoms with Crippen LogP contribution in [-0.2, 0) is 4.79 Å². The van der Waals surface area contributed by atoms with Crippen LogP contribution in [0.25, 0.3) is 11.4 Å². The third-order valence-corrected chi connectivity index (χ3v) is 6.65. The molecule has 30 heavy (non-hydrogen) atoms. The van der Waals surface area contributed by atoms with Crippen molar-refractivity contribution in [2.24, 2.45) is 0 Å². The van der Waals surface area contributed by atoms with Crippen molar-refractivity contribution in [2.75, 3.05) is 50.7 Å². The van der Waals surface area contributed by atoms with Gasteiger partial charge in [-0.25, -0.2) is 0 Å². The first-order chi connectivity index (χ1) is 14.7. The van der Waals surface area contributed by atoms with Gasteiger partial charge in [0.1, 0.15) is 0 Å². The molecular weight excluding hydrogens is 422 g/mol. The van der Waals surface area contributed by atoms with Gasteiger partial charge in [-0.2, -0.15) is 16.3 Å². The van der Waals surface area contributed by atoms with E-state index in [0.29, 0.717) is 18.3 Å². The Balaban J connectivity index is 1.08. The highest BCUT2D eigenvalue weighted by molar-refractivity contribution is 7.08. The third kappa shape index (κ3) is 4.08. The van der Waals surface area contributed by atoms with E-state index in [4.69, 9.17) is 16.1 Å². The zero-order valence-corrected chi connectivity index (χ0v) is 18.0. The Labute approximate surface area is 183 Å². The molecule has 2 aliphatic rings. The maximum atomic E-state index is 12.7.